The van der Waals surface area contributed by atoms with Crippen LogP contribution in [0.5, 0.6) is 0 Å². The van der Waals surface area contributed by atoms with Gasteiger partial charge in [0.15, 0.2) is 0 Å². The van der Waals surface area contributed by atoms with Crippen molar-refractivity contribution in [3.63, 3.8) is 0 Å². The molecule has 4 aromatic rings. The number of hydrogen-bond donors (Lipinski definition) is 2. The molecular weight excluding hydrogens is 472 g/mol. The van der Waals surface area contributed by atoms with E-state index in [1.807, 2.05) is 0 Å². The molecule has 0 spiro atoms. The highest BCUT2D eigenvalue weighted by Crippen LogP contribution is 2.29. The van der Waals surface area contributed by atoms with Crippen LogP contribution in [0, 0.1) is 0 Å². The number of rotatable bonds is 4. The van der Waals surface area contributed by atoms with E-state index < -0.39 is 42.0 Å². The number of ether oxygens (including phenoxy) is 1. The maximum absolute atomic E-state index is 12.8. The van der Waals surface area contributed by atoms with Crippen LogP contribution in [0.1, 0.15) is 20.7 Å². The zero-order valence-electron chi connectivity index (χ0n) is 16.5. The van der Waals surface area contributed by atoms with Crippen LogP contribution in [0.15, 0.2) is 82.6 Å². The summed E-state index contributed by atoms with van der Waals surface area (Å²) >= 11 is 0. The molecule has 0 atom stereocenters. The molecule has 0 amide bonds. The van der Waals surface area contributed by atoms with Crippen molar-refractivity contribution in [3.8, 4) is 0 Å². The van der Waals surface area contributed by atoms with Gasteiger partial charge in [-0.25, -0.2) is 9.59 Å². The van der Waals surface area contributed by atoms with E-state index in [0.717, 1.165) is 24.3 Å². The van der Waals surface area contributed by atoms with Gasteiger partial charge < -0.3 is 4.74 Å². The highest BCUT2D eigenvalue weighted by Gasteiger charge is 2.24. The topological polar surface area (TPSA) is 152 Å². The second kappa shape index (κ2) is 8.05. The lowest BCUT2D eigenvalue weighted by Crippen LogP contribution is -2.14. The lowest BCUT2D eigenvalue weighted by molar-refractivity contribution is 0.0400. The molecule has 0 aromatic heterocycles. The highest BCUT2D eigenvalue weighted by atomic mass is 32.2. The molecule has 2 N–H and O–H groups in total. The van der Waals surface area contributed by atoms with E-state index in [1.165, 1.54) is 48.5 Å². The molecule has 4 aromatic carbocycles. The normalized spacial score (nSPS) is 12.1. The number of esters is 2. The average Bonchev–Trinajstić information content (AvgIpc) is 2.76. The third kappa shape index (κ3) is 4.22. The van der Waals surface area contributed by atoms with Gasteiger partial charge in [0, 0.05) is 10.8 Å². The summed E-state index contributed by atoms with van der Waals surface area (Å²) in [7, 11) is -9.13. The summed E-state index contributed by atoms with van der Waals surface area (Å²) in [6.07, 6.45) is 0. The van der Waals surface area contributed by atoms with Crippen molar-refractivity contribution in [2.75, 3.05) is 0 Å². The average molecular weight is 486 g/mol. The van der Waals surface area contributed by atoms with Gasteiger partial charge in [-0.05, 0) is 35.0 Å². The Bertz CT molecular complexity index is 1550. The van der Waals surface area contributed by atoms with Gasteiger partial charge in [-0.15, -0.1) is 0 Å². The molecule has 33 heavy (non-hydrogen) atoms. The minimum Gasteiger partial charge on any atom is -0.386 e. The van der Waals surface area contributed by atoms with Gasteiger partial charge in [0.2, 0.25) is 0 Å². The van der Waals surface area contributed by atoms with Crippen LogP contribution in [-0.2, 0) is 25.0 Å². The number of carbonyl (C=O) groups excluding carboxylic acids is 2. The summed E-state index contributed by atoms with van der Waals surface area (Å²) in [5.74, 6) is -2.16. The molecule has 0 aliphatic carbocycles. The molecule has 0 unspecified atom stereocenters. The van der Waals surface area contributed by atoms with Crippen LogP contribution in [0.3, 0.4) is 0 Å². The van der Waals surface area contributed by atoms with Crippen LogP contribution < -0.4 is 0 Å². The Morgan fingerprint density at radius 3 is 1.21 bits per heavy atom. The summed E-state index contributed by atoms with van der Waals surface area (Å²) in [5, 5.41) is 0.392. The van der Waals surface area contributed by atoms with Crippen molar-refractivity contribution in [3.05, 3.63) is 83.9 Å². The molecule has 0 saturated carbocycles. The van der Waals surface area contributed by atoms with Crippen molar-refractivity contribution in [2.45, 2.75) is 9.79 Å². The van der Waals surface area contributed by atoms with E-state index in [0.29, 0.717) is 0 Å². The van der Waals surface area contributed by atoms with E-state index in [4.69, 9.17) is 4.74 Å². The second-order valence-corrected chi connectivity index (χ2v) is 9.72. The predicted octanol–water partition coefficient (Wildman–Crippen LogP) is 3.48. The van der Waals surface area contributed by atoms with Gasteiger partial charge in [0.25, 0.3) is 20.2 Å². The number of hydrogen-bond acceptors (Lipinski definition) is 7. The largest absolute Gasteiger partial charge is 0.386 e. The SMILES string of the molecule is O=C(OC(=O)c1ccc(S(=O)(=O)O)c2ccccc12)c1ccc(S(=O)(=O)O)c2ccccc12. The first-order chi connectivity index (χ1) is 15.5. The van der Waals surface area contributed by atoms with Crippen LogP contribution in [0.4, 0.5) is 0 Å². The highest BCUT2D eigenvalue weighted by molar-refractivity contribution is 7.86. The molecule has 4 rings (SSSR count). The molecule has 11 heteroatoms. The fraction of sp³-hybridized carbons (Fsp3) is 0. The molecule has 0 radical (unpaired) electrons. The monoisotopic (exact) mass is 486 g/mol. The number of carbonyl (C=O) groups is 2. The first-order valence-electron chi connectivity index (χ1n) is 9.23. The Balaban J connectivity index is 1.76. The van der Waals surface area contributed by atoms with Gasteiger partial charge >= 0.3 is 11.9 Å². The van der Waals surface area contributed by atoms with Gasteiger partial charge in [-0.2, -0.15) is 16.8 Å². The molecule has 168 valence electrons. The van der Waals surface area contributed by atoms with Gasteiger partial charge in [-0.3, -0.25) is 9.11 Å². The lowest BCUT2D eigenvalue weighted by atomic mass is 10.0. The summed E-state index contributed by atoms with van der Waals surface area (Å²) < 4.78 is 70.4. The molecule has 0 heterocycles. The smallest absolute Gasteiger partial charge is 0.346 e. The summed E-state index contributed by atoms with van der Waals surface area (Å²) in [6, 6.07) is 16.0. The van der Waals surface area contributed by atoms with Gasteiger partial charge in [-0.1, -0.05) is 48.5 Å². The van der Waals surface area contributed by atoms with Gasteiger partial charge in [0.05, 0.1) is 11.1 Å². The van der Waals surface area contributed by atoms with Gasteiger partial charge in [0.1, 0.15) is 9.79 Å². The molecule has 0 fully saturated rings. The maximum Gasteiger partial charge on any atom is 0.346 e. The van der Waals surface area contributed by atoms with Crippen molar-refractivity contribution in [1.29, 1.82) is 0 Å². The summed E-state index contributed by atoms with van der Waals surface area (Å²) in [4.78, 5) is 24.7. The molecule has 0 aliphatic heterocycles. The second-order valence-electron chi connectivity index (χ2n) is 6.94. The minimum absolute atomic E-state index is 0.0601. The Labute approximate surface area is 187 Å². The summed E-state index contributed by atoms with van der Waals surface area (Å²) in [6.45, 7) is 0. The van der Waals surface area contributed by atoms with E-state index >= 15 is 0 Å². The fourth-order valence-electron chi connectivity index (χ4n) is 3.54. The van der Waals surface area contributed by atoms with Crippen molar-refractivity contribution >= 4 is 53.7 Å². The van der Waals surface area contributed by atoms with Crippen molar-refractivity contribution in [2.24, 2.45) is 0 Å². The predicted molar refractivity (Wildman–Crippen MR) is 117 cm³/mol. The Kier molecular flexibility index (Phi) is 5.50. The minimum atomic E-state index is -4.57. The zero-order valence-corrected chi connectivity index (χ0v) is 18.1. The van der Waals surface area contributed by atoms with Crippen LogP contribution in [0.25, 0.3) is 21.5 Å². The van der Waals surface area contributed by atoms with Crippen molar-refractivity contribution in [1.82, 2.24) is 0 Å². The number of fused-ring (bicyclic) bond motifs is 2. The molecule has 0 saturated heterocycles. The Morgan fingerprint density at radius 2 is 0.879 bits per heavy atom. The first kappa shape index (κ1) is 22.6. The Hall–Kier alpha value is -3.64. The van der Waals surface area contributed by atoms with Crippen molar-refractivity contribution < 1.29 is 40.3 Å². The summed E-state index contributed by atoms with van der Waals surface area (Å²) in [5.41, 5.74) is -0.240. The van der Waals surface area contributed by atoms with E-state index in [-0.39, 0.29) is 32.7 Å². The third-order valence-corrected chi connectivity index (χ3v) is 6.77. The van der Waals surface area contributed by atoms with Crippen LogP contribution >= 0.6 is 0 Å². The van der Waals surface area contributed by atoms with Crippen LogP contribution in [-0.4, -0.2) is 37.9 Å². The first-order valence-corrected chi connectivity index (χ1v) is 12.1. The standard InChI is InChI=1S/C22H14O9S2/c23-21(17-9-11-19(32(25,26)27)15-7-3-1-5-13(15)17)31-22(24)18-10-12-20(33(28,29)30)16-8-4-2-6-14(16)18/h1-12H,(H,25,26,27)(H,28,29,30). The van der Waals surface area contributed by atoms with E-state index in [2.05, 4.69) is 0 Å². The number of benzene rings is 4. The van der Waals surface area contributed by atoms with Crippen LogP contribution in [0.2, 0.25) is 0 Å². The zero-order chi connectivity index (χ0) is 24.0. The fourth-order valence-corrected chi connectivity index (χ4v) is 4.93. The Morgan fingerprint density at radius 1 is 0.545 bits per heavy atom. The lowest BCUT2D eigenvalue weighted by Gasteiger charge is -2.11. The molecule has 0 bridgehead atoms. The molecular formula is C22H14O9S2. The maximum atomic E-state index is 12.8. The molecule has 0 aliphatic rings. The third-order valence-electron chi connectivity index (χ3n) is 4.95. The molecule has 9 nitrogen and oxygen atoms in total. The van der Waals surface area contributed by atoms with E-state index in [9.17, 15) is 35.5 Å². The van der Waals surface area contributed by atoms with E-state index in [1.54, 1.807) is 0 Å². The quantitative estimate of drug-likeness (QED) is 0.251.